The summed E-state index contributed by atoms with van der Waals surface area (Å²) in [7, 11) is 0. The number of aromatic nitrogens is 1. The van der Waals surface area contributed by atoms with E-state index in [1.807, 2.05) is 37.3 Å². The van der Waals surface area contributed by atoms with Crippen LogP contribution in [0.15, 0.2) is 34.1 Å². The van der Waals surface area contributed by atoms with Crippen molar-refractivity contribution in [3.63, 3.8) is 0 Å². The maximum Gasteiger partial charge on any atom is 0.413 e. The molecule has 94 valence electrons. The Morgan fingerprint density at radius 3 is 2.78 bits per heavy atom. The van der Waals surface area contributed by atoms with E-state index in [4.69, 9.17) is 4.74 Å². The Morgan fingerprint density at radius 2 is 2.17 bits per heavy atom. The average Bonchev–Trinajstić information content (AvgIpc) is 2.67. The van der Waals surface area contributed by atoms with Gasteiger partial charge in [0.25, 0.3) is 0 Å². The molecule has 4 nitrogen and oxygen atoms in total. The van der Waals surface area contributed by atoms with Crippen LogP contribution in [0.1, 0.15) is 11.3 Å². The molecule has 1 N–H and O–H groups in total. The average molecular weight is 327 g/mol. The third-order valence-corrected chi connectivity index (χ3v) is 4.08. The van der Waals surface area contributed by atoms with Gasteiger partial charge in [0.05, 0.1) is 9.48 Å². The van der Waals surface area contributed by atoms with Gasteiger partial charge in [0.1, 0.15) is 6.61 Å². The lowest BCUT2D eigenvalue weighted by Gasteiger charge is -2.04. The van der Waals surface area contributed by atoms with E-state index in [1.54, 1.807) is 0 Å². The number of thiazole rings is 1. The van der Waals surface area contributed by atoms with Gasteiger partial charge in [-0.2, -0.15) is 0 Å². The number of nitrogens with one attached hydrogen (secondary N) is 1. The van der Waals surface area contributed by atoms with Crippen LogP contribution >= 0.6 is 27.3 Å². The molecule has 0 aliphatic carbocycles. The zero-order chi connectivity index (χ0) is 13.0. The predicted molar refractivity (Wildman–Crippen MR) is 74.8 cm³/mol. The number of anilines is 1. The molecule has 0 aliphatic heterocycles. The van der Waals surface area contributed by atoms with Crippen molar-refractivity contribution in [1.82, 2.24) is 4.98 Å². The summed E-state index contributed by atoms with van der Waals surface area (Å²) in [5.41, 5.74) is 1.79. The Labute approximate surface area is 117 Å². The van der Waals surface area contributed by atoms with E-state index in [-0.39, 0.29) is 6.61 Å². The molecule has 1 heterocycles. The van der Waals surface area contributed by atoms with Crippen molar-refractivity contribution in [2.24, 2.45) is 0 Å². The summed E-state index contributed by atoms with van der Waals surface area (Å²) in [5, 5.41) is 3.12. The van der Waals surface area contributed by atoms with Gasteiger partial charge in [-0.25, -0.2) is 9.78 Å². The van der Waals surface area contributed by atoms with Crippen LogP contribution in [0.2, 0.25) is 0 Å². The number of hydrogen-bond acceptors (Lipinski definition) is 4. The van der Waals surface area contributed by atoms with Gasteiger partial charge in [-0.15, -0.1) is 0 Å². The third kappa shape index (κ3) is 3.54. The van der Waals surface area contributed by atoms with Crippen molar-refractivity contribution >= 4 is 38.5 Å². The Morgan fingerprint density at radius 1 is 1.44 bits per heavy atom. The van der Waals surface area contributed by atoms with Gasteiger partial charge < -0.3 is 4.74 Å². The van der Waals surface area contributed by atoms with Gasteiger partial charge >= 0.3 is 6.09 Å². The molecule has 1 amide bonds. The highest BCUT2D eigenvalue weighted by molar-refractivity contribution is 9.11. The van der Waals surface area contributed by atoms with Crippen molar-refractivity contribution in [2.45, 2.75) is 13.5 Å². The Balaban J connectivity index is 1.86. The second kappa shape index (κ2) is 5.97. The Bertz CT molecular complexity index is 523. The normalized spacial score (nSPS) is 10.1. The SMILES string of the molecule is Cc1nc(NC(=O)OCc2ccccc2)sc1Br. The van der Waals surface area contributed by atoms with Crippen molar-refractivity contribution < 1.29 is 9.53 Å². The molecular weight excluding hydrogens is 316 g/mol. The van der Waals surface area contributed by atoms with Gasteiger partial charge in [-0.05, 0) is 28.4 Å². The number of amides is 1. The van der Waals surface area contributed by atoms with Crippen LogP contribution in [-0.4, -0.2) is 11.1 Å². The molecule has 0 radical (unpaired) electrons. The summed E-state index contributed by atoms with van der Waals surface area (Å²) >= 11 is 4.70. The smallest absolute Gasteiger partial charge is 0.413 e. The number of aryl methyl sites for hydroxylation is 1. The molecule has 0 fully saturated rings. The standard InChI is InChI=1S/C12H11BrN2O2S/c1-8-10(13)18-11(14-8)15-12(16)17-7-9-5-3-2-4-6-9/h2-6H,7H2,1H3,(H,14,15,16). The molecule has 0 bridgehead atoms. The number of carbonyl (C=O) groups excluding carboxylic acids is 1. The van der Waals surface area contributed by atoms with E-state index in [9.17, 15) is 4.79 Å². The molecule has 1 aromatic heterocycles. The van der Waals surface area contributed by atoms with Crippen molar-refractivity contribution in [3.8, 4) is 0 Å². The van der Waals surface area contributed by atoms with Crippen molar-refractivity contribution in [1.29, 1.82) is 0 Å². The highest BCUT2D eigenvalue weighted by Gasteiger charge is 2.09. The first kappa shape index (κ1) is 13.0. The summed E-state index contributed by atoms with van der Waals surface area (Å²) < 4.78 is 5.99. The molecule has 18 heavy (non-hydrogen) atoms. The highest BCUT2D eigenvalue weighted by Crippen LogP contribution is 2.27. The second-order valence-electron chi connectivity index (χ2n) is 3.56. The number of halogens is 1. The fourth-order valence-corrected chi connectivity index (χ4v) is 2.51. The van der Waals surface area contributed by atoms with Crippen LogP contribution in [0.5, 0.6) is 0 Å². The van der Waals surface area contributed by atoms with E-state index in [0.717, 1.165) is 15.0 Å². The molecule has 0 atom stereocenters. The lowest BCUT2D eigenvalue weighted by Crippen LogP contribution is -2.13. The predicted octanol–water partition coefficient (Wildman–Crippen LogP) is 3.96. The zero-order valence-corrected chi connectivity index (χ0v) is 12.0. The molecule has 0 saturated heterocycles. The Hall–Kier alpha value is -1.40. The number of ether oxygens (including phenoxy) is 1. The first-order valence-electron chi connectivity index (χ1n) is 5.26. The topological polar surface area (TPSA) is 51.2 Å². The molecule has 0 spiro atoms. The molecule has 6 heteroatoms. The third-order valence-electron chi connectivity index (χ3n) is 2.16. The number of carbonyl (C=O) groups is 1. The minimum atomic E-state index is -0.500. The fourth-order valence-electron chi connectivity index (χ4n) is 1.28. The van der Waals surface area contributed by atoms with Crippen LogP contribution in [0.4, 0.5) is 9.93 Å². The minimum absolute atomic E-state index is 0.248. The molecule has 0 aliphatic rings. The monoisotopic (exact) mass is 326 g/mol. The summed E-state index contributed by atoms with van der Waals surface area (Å²) in [6, 6.07) is 9.52. The molecule has 1 aromatic carbocycles. The van der Waals surface area contributed by atoms with Crippen LogP contribution in [-0.2, 0) is 11.3 Å². The van der Waals surface area contributed by atoms with Gasteiger partial charge in [-0.1, -0.05) is 41.7 Å². The van der Waals surface area contributed by atoms with Gasteiger partial charge in [0.2, 0.25) is 0 Å². The van der Waals surface area contributed by atoms with E-state index >= 15 is 0 Å². The first-order valence-corrected chi connectivity index (χ1v) is 6.87. The number of nitrogens with zero attached hydrogens (tertiary/aromatic N) is 1. The van der Waals surface area contributed by atoms with Crippen molar-refractivity contribution in [2.75, 3.05) is 5.32 Å². The molecule has 0 unspecified atom stereocenters. The summed E-state index contributed by atoms with van der Waals surface area (Å²) in [5.74, 6) is 0. The van der Waals surface area contributed by atoms with E-state index in [2.05, 4.69) is 26.2 Å². The molecule has 0 saturated carbocycles. The quantitative estimate of drug-likeness (QED) is 0.928. The van der Waals surface area contributed by atoms with Crippen LogP contribution < -0.4 is 5.32 Å². The number of hydrogen-bond donors (Lipinski definition) is 1. The molecule has 2 aromatic rings. The van der Waals surface area contributed by atoms with Crippen LogP contribution in [0.25, 0.3) is 0 Å². The number of benzene rings is 1. The fraction of sp³-hybridized carbons (Fsp3) is 0.167. The molecular formula is C12H11BrN2O2S. The Kier molecular flexibility index (Phi) is 4.33. The first-order chi connectivity index (χ1) is 8.65. The highest BCUT2D eigenvalue weighted by atomic mass is 79.9. The maximum atomic E-state index is 11.5. The van der Waals surface area contributed by atoms with E-state index in [1.165, 1.54) is 11.3 Å². The zero-order valence-electron chi connectivity index (χ0n) is 9.64. The lowest BCUT2D eigenvalue weighted by molar-refractivity contribution is 0.155. The number of rotatable bonds is 3. The van der Waals surface area contributed by atoms with Gasteiger partial charge in [0.15, 0.2) is 5.13 Å². The van der Waals surface area contributed by atoms with Gasteiger partial charge in [-0.3, -0.25) is 5.32 Å². The maximum absolute atomic E-state index is 11.5. The van der Waals surface area contributed by atoms with Crippen molar-refractivity contribution in [3.05, 3.63) is 45.4 Å². The van der Waals surface area contributed by atoms with Crippen LogP contribution in [0, 0.1) is 6.92 Å². The minimum Gasteiger partial charge on any atom is -0.444 e. The van der Waals surface area contributed by atoms with Gasteiger partial charge in [0, 0.05) is 0 Å². The summed E-state index contributed by atoms with van der Waals surface area (Å²) in [6.07, 6.45) is -0.500. The largest absolute Gasteiger partial charge is 0.444 e. The van der Waals surface area contributed by atoms with E-state index < -0.39 is 6.09 Å². The summed E-state index contributed by atoms with van der Waals surface area (Å²) in [4.78, 5) is 15.7. The molecule has 2 rings (SSSR count). The van der Waals surface area contributed by atoms with E-state index in [0.29, 0.717) is 5.13 Å². The lowest BCUT2D eigenvalue weighted by atomic mass is 10.2. The summed E-state index contributed by atoms with van der Waals surface area (Å²) in [6.45, 7) is 2.11. The second-order valence-corrected chi connectivity index (χ2v) is 5.88. The van der Waals surface area contributed by atoms with Crippen LogP contribution in [0.3, 0.4) is 0 Å².